The van der Waals surface area contributed by atoms with Gasteiger partial charge in [-0.2, -0.15) is 4.73 Å². The normalized spacial score (nSPS) is 18.3. The Hall–Kier alpha value is -4.63. The summed E-state index contributed by atoms with van der Waals surface area (Å²) in [5.41, 5.74) is 1.52. The summed E-state index contributed by atoms with van der Waals surface area (Å²) in [5.74, 6) is -1.58. The van der Waals surface area contributed by atoms with Crippen LogP contribution in [0, 0.1) is 11.0 Å². The molecule has 4 atom stereocenters. The standard InChI is InChI=1S/C36H36Cl2FN3O7S.CH2O2/c1-40-21-9-10-22(40)14-23(13-21)49-36(45)42(31-7-5-4-6-30(31)39)17-24-15-26(34(50-24)35(43)44)25(16-27-28(37)18-41(46)19-29(27)38)20-8-11-32(47-2)33(12-20)48-3;2-1-3/h4-8,11-12,15,18-19,21-23,25H,9-10,13-14,16-17H2,1-3H3,(H,43,44);1H,(H,2,3)/t21-,22+,23?,25-;/m0./s1. The summed E-state index contributed by atoms with van der Waals surface area (Å²) in [6.45, 7) is -0.397. The van der Waals surface area contributed by atoms with Crippen LogP contribution in [-0.4, -0.2) is 73.1 Å². The zero-order valence-corrected chi connectivity index (χ0v) is 31.4. The summed E-state index contributed by atoms with van der Waals surface area (Å²) in [5, 5.41) is 29.6. The van der Waals surface area contributed by atoms with Crippen molar-refractivity contribution in [3.63, 3.8) is 0 Å². The van der Waals surface area contributed by atoms with Crippen molar-refractivity contribution in [1.29, 1.82) is 0 Å². The Kier molecular flexibility index (Phi) is 13.0. The third-order valence-electron chi connectivity index (χ3n) is 9.66. The van der Waals surface area contributed by atoms with E-state index in [0.29, 0.717) is 62.7 Å². The van der Waals surface area contributed by atoms with Gasteiger partial charge in [0.25, 0.3) is 6.47 Å². The maximum Gasteiger partial charge on any atom is 0.414 e. The maximum absolute atomic E-state index is 15.3. The first kappa shape index (κ1) is 39.6. The molecule has 2 saturated heterocycles. The van der Waals surface area contributed by atoms with Crippen LogP contribution in [0.1, 0.15) is 62.8 Å². The number of rotatable bonds is 11. The van der Waals surface area contributed by atoms with Gasteiger partial charge < -0.3 is 34.5 Å². The van der Waals surface area contributed by atoms with Gasteiger partial charge >= 0.3 is 12.1 Å². The molecular formula is C37H38Cl2FN3O9S. The van der Waals surface area contributed by atoms with Gasteiger partial charge in [0.2, 0.25) is 0 Å². The van der Waals surface area contributed by atoms with E-state index >= 15 is 4.39 Å². The number of anilines is 1. The second-order valence-corrected chi connectivity index (χ2v) is 14.6. The molecule has 53 heavy (non-hydrogen) atoms. The first-order valence-electron chi connectivity index (χ1n) is 16.6. The molecule has 0 spiro atoms. The van der Waals surface area contributed by atoms with Crippen LogP contribution in [0.3, 0.4) is 0 Å². The Labute approximate surface area is 319 Å². The van der Waals surface area contributed by atoms with Crippen molar-refractivity contribution in [3.05, 3.63) is 108 Å². The van der Waals surface area contributed by atoms with Gasteiger partial charge in [0, 0.05) is 41.3 Å². The molecule has 2 aliphatic heterocycles. The predicted molar refractivity (Wildman–Crippen MR) is 197 cm³/mol. The molecule has 0 radical (unpaired) electrons. The minimum atomic E-state index is -1.19. The van der Waals surface area contributed by atoms with Gasteiger partial charge in [0.1, 0.15) is 26.8 Å². The fourth-order valence-electron chi connectivity index (χ4n) is 7.11. The van der Waals surface area contributed by atoms with Gasteiger partial charge in [0.05, 0.1) is 26.5 Å². The largest absolute Gasteiger partial charge is 0.619 e. The number of nitrogens with zero attached hydrogens (tertiary/aromatic N) is 3. The number of carbonyl (C=O) groups is 3. The average molecular weight is 791 g/mol. The number of aromatic nitrogens is 1. The number of benzene rings is 2. The highest BCUT2D eigenvalue weighted by molar-refractivity contribution is 7.14. The number of carboxylic acids is 1. The number of hydrogen-bond acceptors (Lipinski definition) is 9. The van der Waals surface area contributed by atoms with Crippen molar-refractivity contribution >= 4 is 58.8 Å². The van der Waals surface area contributed by atoms with Crippen LogP contribution < -0.4 is 19.1 Å². The molecule has 1 amide bonds. The molecule has 2 aromatic carbocycles. The van der Waals surface area contributed by atoms with Crippen LogP contribution in [0.5, 0.6) is 11.5 Å². The van der Waals surface area contributed by atoms with E-state index < -0.39 is 23.8 Å². The molecule has 12 nitrogen and oxygen atoms in total. The molecule has 282 valence electrons. The van der Waals surface area contributed by atoms with E-state index in [-0.39, 0.29) is 46.2 Å². The van der Waals surface area contributed by atoms with Crippen molar-refractivity contribution < 1.29 is 47.9 Å². The number of thiophene rings is 1. The van der Waals surface area contributed by atoms with Gasteiger partial charge in [-0.25, -0.2) is 14.0 Å². The lowest BCUT2D eigenvalue weighted by Crippen LogP contribution is -2.45. The third-order valence-corrected chi connectivity index (χ3v) is 11.4. The summed E-state index contributed by atoms with van der Waals surface area (Å²) in [7, 11) is 5.09. The lowest BCUT2D eigenvalue weighted by Gasteiger charge is -2.36. The lowest BCUT2D eigenvalue weighted by atomic mass is 9.85. The zero-order chi connectivity index (χ0) is 38.4. The highest BCUT2D eigenvalue weighted by Gasteiger charge is 2.40. The molecule has 2 bridgehead atoms. The van der Waals surface area contributed by atoms with Crippen LogP contribution in [0.25, 0.3) is 0 Å². The maximum atomic E-state index is 15.3. The van der Waals surface area contributed by atoms with Gasteiger partial charge in [-0.15, -0.1) is 11.3 Å². The first-order valence-corrected chi connectivity index (χ1v) is 18.1. The Balaban J connectivity index is 0.00000175. The number of ether oxygens (including phenoxy) is 3. The van der Waals surface area contributed by atoms with E-state index in [9.17, 15) is 19.9 Å². The zero-order valence-electron chi connectivity index (χ0n) is 29.0. The molecule has 1 unspecified atom stereocenters. The molecule has 2 aromatic heterocycles. The SMILES string of the molecule is COc1ccc([C@H](Cc2c(Cl)c[n+]([O-])cc2Cl)c2cc(CN(C(=O)OC3C[C@H]4CC[C@@H](C3)N4C)c3ccccc3F)sc2C(=O)O)cc1OC.O=CO. The van der Waals surface area contributed by atoms with Gasteiger partial charge in [-0.3, -0.25) is 9.69 Å². The lowest BCUT2D eigenvalue weighted by molar-refractivity contribution is -0.605. The predicted octanol–water partition coefficient (Wildman–Crippen LogP) is 7.39. The fraction of sp³-hybridized carbons (Fsp3) is 0.351. The average Bonchev–Trinajstić information content (AvgIpc) is 3.62. The number of carboxylic acid groups (broad SMARTS) is 2. The van der Waals surface area contributed by atoms with E-state index in [1.807, 2.05) is 0 Å². The van der Waals surface area contributed by atoms with Crippen molar-refractivity contribution in [1.82, 2.24) is 4.90 Å². The molecular weight excluding hydrogens is 752 g/mol. The summed E-state index contributed by atoms with van der Waals surface area (Å²) >= 11 is 14.0. The Bertz CT molecular complexity index is 1930. The summed E-state index contributed by atoms with van der Waals surface area (Å²) in [4.78, 5) is 39.1. The summed E-state index contributed by atoms with van der Waals surface area (Å²) in [6, 6.07) is 13.5. The van der Waals surface area contributed by atoms with Crippen molar-refractivity contribution in [2.75, 3.05) is 26.2 Å². The monoisotopic (exact) mass is 789 g/mol. The molecule has 2 N–H and O–H groups in total. The third kappa shape index (κ3) is 8.95. The van der Waals surface area contributed by atoms with E-state index in [4.69, 9.17) is 47.3 Å². The number of halogens is 3. The number of piperidine rings is 1. The van der Waals surface area contributed by atoms with Crippen molar-refractivity contribution in [3.8, 4) is 11.5 Å². The van der Waals surface area contributed by atoms with Crippen LogP contribution in [0.2, 0.25) is 10.0 Å². The van der Waals surface area contributed by atoms with Crippen LogP contribution in [-0.2, 0) is 22.5 Å². The number of amides is 1. The molecule has 4 aromatic rings. The molecule has 6 rings (SSSR count). The van der Waals surface area contributed by atoms with Crippen LogP contribution in [0.4, 0.5) is 14.9 Å². The number of aromatic carboxylic acids is 1. The number of methoxy groups -OCH3 is 2. The van der Waals surface area contributed by atoms with Crippen molar-refractivity contribution in [2.45, 2.75) is 62.8 Å². The van der Waals surface area contributed by atoms with Crippen molar-refractivity contribution in [2.24, 2.45) is 0 Å². The summed E-state index contributed by atoms with van der Waals surface area (Å²) < 4.78 is 32.8. The molecule has 16 heteroatoms. The smallest absolute Gasteiger partial charge is 0.414 e. The topological polar surface area (TPSA) is 153 Å². The number of para-hydroxylation sites is 1. The molecule has 4 heterocycles. The Morgan fingerprint density at radius 3 is 2.28 bits per heavy atom. The van der Waals surface area contributed by atoms with Gasteiger partial charge in [-0.1, -0.05) is 41.4 Å². The quantitative estimate of drug-likeness (QED) is 0.0894. The fourth-order valence-corrected chi connectivity index (χ4v) is 8.75. The van der Waals surface area contributed by atoms with Gasteiger partial charge in [-0.05, 0) is 67.8 Å². The van der Waals surface area contributed by atoms with Crippen LogP contribution >= 0.6 is 34.5 Å². The molecule has 2 aliphatic rings. The number of fused-ring (bicyclic) bond motifs is 2. The minimum Gasteiger partial charge on any atom is -0.619 e. The Morgan fingerprint density at radius 2 is 1.70 bits per heavy atom. The molecule has 0 aliphatic carbocycles. The van der Waals surface area contributed by atoms with E-state index in [0.717, 1.165) is 24.2 Å². The van der Waals surface area contributed by atoms with E-state index in [1.54, 1.807) is 30.3 Å². The van der Waals surface area contributed by atoms with E-state index in [1.165, 1.54) is 49.7 Å². The first-order chi connectivity index (χ1) is 25.4. The minimum absolute atomic E-state index is 0.00981. The molecule has 0 saturated carbocycles. The second kappa shape index (κ2) is 17.5. The van der Waals surface area contributed by atoms with E-state index in [2.05, 4.69) is 11.9 Å². The summed E-state index contributed by atoms with van der Waals surface area (Å²) in [6.07, 6.45) is 4.92. The number of carbonyl (C=O) groups excluding carboxylic acids is 1. The Morgan fingerprint density at radius 1 is 1.08 bits per heavy atom. The highest BCUT2D eigenvalue weighted by atomic mass is 35.5. The van der Waals surface area contributed by atoms with Crippen LogP contribution in [0.15, 0.2) is 60.9 Å². The van der Waals surface area contributed by atoms with Gasteiger partial charge in [0.15, 0.2) is 23.9 Å². The molecule has 2 fully saturated rings. The second-order valence-electron chi connectivity index (χ2n) is 12.6. The number of pyridine rings is 1. The highest BCUT2D eigenvalue weighted by Crippen LogP contribution is 2.42. The number of hydrogen-bond donors (Lipinski definition) is 2.